The average molecular weight is 229 g/mol. The Labute approximate surface area is 95.3 Å². The molecular formula is C11H19NO4. The summed E-state index contributed by atoms with van der Waals surface area (Å²) in [5.41, 5.74) is 0. The molecule has 2 aliphatic rings. The van der Waals surface area contributed by atoms with Gasteiger partial charge in [0.05, 0.1) is 31.3 Å². The normalized spacial score (nSPS) is 35.4. The highest BCUT2D eigenvalue weighted by Gasteiger charge is 2.33. The van der Waals surface area contributed by atoms with Gasteiger partial charge in [0.25, 0.3) is 0 Å². The van der Waals surface area contributed by atoms with Crippen LogP contribution in [0.1, 0.15) is 13.3 Å². The summed E-state index contributed by atoms with van der Waals surface area (Å²) in [7, 11) is 0. The van der Waals surface area contributed by atoms with Gasteiger partial charge >= 0.3 is 0 Å². The number of ether oxygens (including phenoxy) is 2. The first-order chi connectivity index (χ1) is 7.70. The number of nitrogens with zero attached hydrogens (tertiary/aromatic N) is 1. The maximum Gasteiger partial charge on any atom is 0.228 e. The van der Waals surface area contributed by atoms with Crippen molar-refractivity contribution < 1.29 is 19.4 Å². The van der Waals surface area contributed by atoms with Crippen LogP contribution in [-0.2, 0) is 14.3 Å². The molecule has 1 amide bonds. The molecular weight excluding hydrogens is 210 g/mol. The van der Waals surface area contributed by atoms with E-state index in [0.29, 0.717) is 26.3 Å². The Hall–Kier alpha value is -0.650. The molecule has 16 heavy (non-hydrogen) atoms. The van der Waals surface area contributed by atoms with Gasteiger partial charge in [-0.3, -0.25) is 4.79 Å². The zero-order valence-electron chi connectivity index (χ0n) is 9.59. The van der Waals surface area contributed by atoms with Crippen LogP contribution in [0.4, 0.5) is 0 Å². The van der Waals surface area contributed by atoms with E-state index in [4.69, 9.17) is 14.6 Å². The molecule has 2 aliphatic heterocycles. The second-order valence-corrected chi connectivity index (χ2v) is 4.56. The van der Waals surface area contributed by atoms with Gasteiger partial charge in [-0.2, -0.15) is 0 Å². The summed E-state index contributed by atoms with van der Waals surface area (Å²) in [6.45, 7) is 4.22. The lowest BCUT2D eigenvalue weighted by Gasteiger charge is -2.37. The minimum absolute atomic E-state index is 0.00262. The molecule has 0 aromatic carbocycles. The largest absolute Gasteiger partial charge is 0.394 e. The van der Waals surface area contributed by atoms with Crippen LogP contribution in [0.25, 0.3) is 0 Å². The minimum Gasteiger partial charge on any atom is -0.394 e. The summed E-state index contributed by atoms with van der Waals surface area (Å²) in [5, 5.41) is 9.09. The predicted octanol–water partition coefficient (Wildman–Crippen LogP) is -0.369. The zero-order chi connectivity index (χ0) is 11.5. The summed E-state index contributed by atoms with van der Waals surface area (Å²) in [6.07, 6.45) is 0.571. The van der Waals surface area contributed by atoms with Crippen molar-refractivity contribution in [2.24, 2.45) is 5.92 Å². The molecule has 5 heteroatoms. The maximum atomic E-state index is 12.1. The lowest BCUT2D eigenvalue weighted by atomic mass is 10.1. The summed E-state index contributed by atoms with van der Waals surface area (Å²) in [6, 6.07) is 0. The Balaban J connectivity index is 1.94. The molecule has 3 unspecified atom stereocenters. The summed E-state index contributed by atoms with van der Waals surface area (Å²) in [5.74, 6) is 0.149. The first-order valence-corrected chi connectivity index (χ1v) is 5.83. The van der Waals surface area contributed by atoms with Crippen molar-refractivity contribution in [3.63, 3.8) is 0 Å². The Morgan fingerprint density at radius 3 is 2.94 bits per heavy atom. The topological polar surface area (TPSA) is 59.0 Å². The lowest BCUT2D eigenvalue weighted by molar-refractivity contribution is -0.151. The number of aliphatic hydroxyl groups excluding tert-OH is 1. The molecule has 2 saturated heterocycles. The van der Waals surface area contributed by atoms with Gasteiger partial charge in [-0.25, -0.2) is 0 Å². The molecule has 5 nitrogen and oxygen atoms in total. The second-order valence-electron chi connectivity index (χ2n) is 4.56. The van der Waals surface area contributed by atoms with Gasteiger partial charge in [0.15, 0.2) is 0 Å². The van der Waals surface area contributed by atoms with Gasteiger partial charge in [0.2, 0.25) is 5.91 Å². The van der Waals surface area contributed by atoms with Crippen molar-refractivity contribution in [1.82, 2.24) is 4.90 Å². The van der Waals surface area contributed by atoms with Crippen molar-refractivity contribution in [3.8, 4) is 0 Å². The van der Waals surface area contributed by atoms with Gasteiger partial charge in [-0.05, 0) is 13.3 Å². The third kappa shape index (κ3) is 2.53. The fraction of sp³-hybridized carbons (Fsp3) is 0.909. The molecule has 0 bridgehead atoms. The van der Waals surface area contributed by atoms with Gasteiger partial charge < -0.3 is 19.5 Å². The second kappa shape index (κ2) is 5.12. The Bertz CT molecular complexity index is 252. The number of hydrogen-bond donors (Lipinski definition) is 1. The number of carbonyl (C=O) groups excluding carboxylic acids is 1. The molecule has 2 heterocycles. The van der Waals surface area contributed by atoms with Crippen LogP contribution in [0.15, 0.2) is 0 Å². The molecule has 2 fully saturated rings. The third-order valence-corrected chi connectivity index (χ3v) is 3.12. The molecule has 1 N–H and O–H groups in total. The lowest BCUT2D eigenvalue weighted by Crippen LogP contribution is -2.52. The highest BCUT2D eigenvalue weighted by Crippen LogP contribution is 2.19. The van der Waals surface area contributed by atoms with Crippen LogP contribution < -0.4 is 0 Å². The van der Waals surface area contributed by atoms with E-state index in [2.05, 4.69) is 0 Å². The van der Waals surface area contributed by atoms with Crippen LogP contribution in [0.3, 0.4) is 0 Å². The molecule has 3 atom stereocenters. The number of aliphatic hydroxyl groups is 1. The van der Waals surface area contributed by atoms with E-state index >= 15 is 0 Å². The monoisotopic (exact) mass is 229 g/mol. The molecule has 0 aliphatic carbocycles. The van der Waals surface area contributed by atoms with Crippen molar-refractivity contribution in [2.45, 2.75) is 25.6 Å². The number of rotatable bonds is 2. The van der Waals surface area contributed by atoms with Crippen molar-refractivity contribution in [3.05, 3.63) is 0 Å². The highest BCUT2D eigenvalue weighted by atomic mass is 16.5. The van der Waals surface area contributed by atoms with Crippen LogP contribution in [-0.4, -0.2) is 61.0 Å². The minimum atomic E-state index is -0.241. The van der Waals surface area contributed by atoms with Gasteiger partial charge in [-0.1, -0.05) is 0 Å². The quantitative estimate of drug-likeness (QED) is 0.702. The predicted molar refractivity (Wildman–Crippen MR) is 56.9 cm³/mol. The Morgan fingerprint density at radius 2 is 2.31 bits per heavy atom. The van der Waals surface area contributed by atoms with E-state index in [1.54, 1.807) is 4.90 Å². The van der Waals surface area contributed by atoms with Crippen LogP contribution >= 0.6 is 0 Å². The number of carbonyl (C=O) groups is 1. The van der Waals surface area contributed by atoms with E-state index in [1.165, 1.54) is 0 Å². The Kier molecular flexibility index (Phi) is 3.78. The van der Waals surface area contributed by atoms with E-state index in [0.717, 1.165) is 6.42 Å². The number of amides is 1. The van der Waals surface area contributed by atoms with E-state index in [9.17, 15) is 4.79 Å². The van der Waals surface area contributed by atoms with Crippen molar-refractivity contribution >= 4 is 5.91 Å². The summed E-state index contributed by atoms with van der Waals surface area (Å²) in [4.78, 5) is 13.9. The molecule has 0 aromatic heterocycles. The molecule has 0 spiro atoms. The van der Waals surface area contributed by atoms with Gasteiger partial charge in [-0.15, -0.1) is 0 Å². The van der Waals surface area contributed by atoms with Crippen LogP contribution in [0.5, 0.6) is 0 Å². The summed E-state index contributed by atoms with van der Waals surface area (Å²) >= 11 is 0. The number of hydrogen-bond acceptors (Lipinski definition) is 4. The maximum absolute atomic E-state index is 12.1. The van der Waals surface area contributed by atoms with Gasteiger partial charge in [0, 0.05) is 19.7 Å². The van der Waals surface area contributed by atoms with Crippen LogP contribution in [0.2, 0.25) is 0 Å². The first kappa shape index (κ1) is 11.8. The zero-order valence-corrected chi connectivity index (χ0v) is 9.59. The summed E-state index contributed by atoms with van der Waals surface area (Å²) < 4.78 is 10.7. The standard InChI is InChI=1S/C11H19NO4/c1-8-4-12(5-10(6-13)16-8)11(14)9-2-3-15-7-9/h8-10,13H,2-7H2,1H3. The van der Waals surface area contributed by atoms with E-state index < -0.39 is 0 Å². The van der Waals surface area contributed by atoms with E-state index in [1.807, 2.05) is 6.92 Å². The van der Waals surface area contributed by atoms with Crippen LogP contribution in [0, 0.1) is 5.92 Å². The molecule has 2 rings (SSSR count). The molecule has 0 aromatic rings. The molecule has 92 valence electrons. The van der Waals surface area contributed by atoms with E-state index in [-0.39, 0.29) is 30.6 Å². The first-order valence-electron chi connectivity index (χ1n) is 5.83. The Morgan fingerprint density at radius 1 is 1.50 bits per heavy atom. The molecule has 0 saturated carbocycles. The SMILES string of the molecule is CC1CN(C(=O)C2CCOC2)CC(CO)O1. The fourth-order valence-corrected chi connectivity index (χ4v) is 2.31. The molecule has 0 radical (unpaired) electrons. The smallest absolute Gasteiger partial charge is 0.228 e. The van der Waals surface area contributed by atoms with Gasteiger partial charge in [0.1, 0.15) is 0 Å². The van der Waals surface area contributed by atoms with Crippen molar-refractivity contribution in [2.75, 3.05) is 32.9 Å². The van der Waals surface area contributed by atoms with Crippen molar-refractivity contribution in [1.29, 1.82) is 0 Å². The average Bonchev–Trinajstić information content (AvgIpc) is 2.80. The highest BCUT2D eigenvalue weighted by molar-refractivity contribution is 5.79. The fourth-order valence-electron chi connectivity index (χ4n) is 2.31. The third-order valence-electron chi connectivity index (χ3n) is 3.12. The number of morpholine rings is 1.